The lowest BCUT2D eigenvalue weighted by Crippen LogP contribution is -2.42. The number of carbonyl (C=O) groups excluding carboxylic acids is 2. The fourth-order valence-corrected chi connectivity index (χ4v) is 3.86. The minimum Gasteiger partial charge on any atom is -0.496 e. The van der Waals surface area contributed by atoms with Crippen LogP contribution in [0.1, 0.15) is 52.1 Å². The van der Waals surface area contributed by atoms with E-state index in [0.717, 1.165) is 18.4 Å². The molecule has 0 saturated carbocycles. The first-order chi connectivity index (χ1) is 14.4. The van der Waals surface area contributed by atoms with Crippen LogP contribution >= 0.6 is 0 Å². The van der Waals surface area contributed by atoms with Gasteiger partial charge in [-0.25, -0.2) is 0 Å². The van der Waals surface area contributed by atoms with Crippen molar-refractivity contribution in [3.8, 4) is 5.75 Å². The molecule has 0 aliphatic carbocycles. The monoisotopic (exact) mass is 416 g/mol. The zero-order valence-electron chi connectivity index (χ0n) is 18.4. The van der Waals surface area contributed by atoms with Crippen LogP contribution in [0, 0.1) is 4.91 Å². The van der Waals surface area contributed by atoms with Crippen molar-refractivity contribution in [2.24, 2.45) is 5.18 Å². The Balaban J connectivity index is 2.78. The first kappa shape index (κ1) is 23.4. The second-order valence-electron chi connectivity index (χ2n) is 7.42. The highest BCUT2D eigenvalue weighted by molar-refractivity contribution is 5.99. The number of nitrogens with one attached hydrogen (secondary N) is 2. The van der Waals surface area contributed by atoms with Gasteiger partial charge in [0.2, 0.25) is 5.91 Å². The Hall–Kier alpha value is -2.90. The largest absolute Gasteiger partial charge is 0.496 e. The van der Waals surface area contributed by atoms with Crippen LogP contribution in [0.2, 0.25) is 0 Å². The Morgan fingerprint density at radius 3 is 2.60 bits per heavy atom. The zero-order valence-corrected chi connectivity index (χ0v) is 18.4. The minimum absolute atomic E-state index is 0.0800. The number of carbonyl (C=O) groups is 2. The third-order valence-electron chi connectivity index (χ3n) is 5.43. The molecule has 2 rings (SSSR count). The summed E-state index contributed by atoms with van der Waals surface area (Å²) in [6.45, 7) is 8.03. The van der Waals surface area contributed by atoms with E-state index in [0.29, 0.717) is 23.6 Å². The fraction of sp³-hybridized carbons (Fsp3) is 0.545. The van der Waals surface area contributed by atoms with E-state index in [-0.39, 0.29) is 24.4 Å². The number of hydrogen-bond donors (Lipinski definition) is 2. The Morgan fingerprint density at radius 2 is 2.03 bits per heavy atom. The predicted octanol–water partition coefficient (Wildman–Crippen LogP) is 2.90. The van der Waals surface area contributed by atoms with Crippen LogP contribution in [0.25, 0.3) is 0 Å². The van der Waals surface area contributed by atoms with Gasteiger partial charge in [-0.2, -0.15) is 4.91 Å². The van der Waals surface area contributed by atoms with Gasteiger partial charge < -0.3 is 20.3 Å². The first-order valence-electron chi connectivity index (χ1n) is 10.4. The number of ether oxygens (including phenoxy) is 1. The lowest BCUT2D eigenvalue weighted by molar-refractivity contribution is -0.133. The summed E-state index contributed by atoms with van der Waals surface area (Å²) in [5, 5.41) is 9.16. The highest BCUT2D eigenvalue weighted by Crippen LogP contribution is 2.39. The molecule has 0 bridgehead atoms. The van der Waals surface area contributed by atoms with Gasteiger partial charge in [0.1, 0.15) is 12.3 Å². The maximum Gasteiger partial charge on any atom is 0.252 e. The maximum atomic E-state index is 13.2. The molecule has 0 aromatic heterocycles. The van der Waals surface area contributed by atoms with Crippen molar-refractivity contribution in [3.63, 3.8) is 0 Å². The summed E-state index contributed by atoms with van der Waals surface area (Å²) in [7, 11) is 1.57. The summed E-state index contributed by atoms with van der Waals surface area (Å²) in [5.74, 6) is 0.129. The maximum absolute atomic E-state index is 13.2. The van der Waals surface area contributed by atoms with Crippen molar-refractivity contribution in [2.45, 2.75) is 58.7 Å². The molecule has 2 N–H and O–H groups in total. The van der Waals surface area contributed by atoms with Gasteiger partial charge in [-0.3, -0.25) is 9.59 Å². The fourth-order valence-electron chi connectivity index (χ4n) is 3.86. The Bertz CT molecular complexity index is 808. The van der Waals surface area contributed by atoms with E-state index < -0.39 is 12.1 Å². The Labute approximate surface area is 178 Å². The van der Waals surface area contributed by atoms with E-state index in [4.69, 9.17) is 4.74 Å². The molecule has 164 valence electrons. The van der Waals surface area contributed by atoms with Gasteiger partial charge in [0.15, 0.2) is 0 Å². The quantitative estimate of drug-likeness (QED) is 0.540. The number of methoxy groups -OCH3 is 1. The van der Waals surface area contributed by atoms with Crippen LogP contribution in [0.4, 0.5) is 0 Å². The number of nitrogens with zero attached hydrogens (tertiary/aromatic N) is 2. The molecule has 1 heterocycles. The van der Waals surface area contributed by atoms with Crippen molar-refractivity contribution in [2.75, 3.05) is 20.2 Å². The van der Waals surface area contributed by atoms with E-state index in [1.165, 1.54) is 6.92 Å². The molecule has 3 unspecified atom stereocenters. The number of para-hydroxylation sites is 1. The highest BCUT2D eigenvalue weighted by Gasteiger charge is 2.42. The first-order valence-corrected chi connectivity index (χ1v) is 10.4. The molecule has 1 aromatic rings. The van der Waals surface area contributed by atoms with Gasteiger partial charge in [-0.15, -0.1) is 0 Å². The smallest absolute Gasteiger partial charge is 0.252 e. The van der Waals surface area contributed by atoms with Gasteiger partial charge in [-0.05, 0) is 25.8 Å². The van der Waals surface area contributed by atoms with Crippen LogP contribution in [-0.4, -0.2) is 49.0 Å². The average Bonchev–Trinajstić information content (AvgIpc) is 3.04. The van der Waals surface area contributed by atoms with E-state index in [2.05, 4.69) is 15.8 Å². The van der Waals surface area contributed by atoms with E-state index in [1.807, 2.05) is 45.0 Å². The lowest BCUT2D eigenvalue weighted by atomic mass is 9.92. The number of rotatable bonds is 11. The third kappa shape index (κ3) is 4.80. The van der Waals surface area contributed by atoms with Crippen molar-refractivity contribution in [3.05, 3.63) is 46.0 Å². The molecular weight excluding hydrogens is 384 g/mol. The van der Waals surface area contributed by atoms with Crippen molar-refractivity contribution in [1.82, 2.24) is 15.5 Å². The Kier molecular flexibility index (Phi) is 8.38. The third-order valence-corrected chi connectivity index (χ3v) is 5.43. The van der Waals surface area contributed by atoms with Crippen LogP contribution in [-0.2, 0) is 9.59 Å². The normalized spacial score (nSPS) is 17.9. The van der Waals surface area contributed by atoms with Crippen LogP contribution in [0.3, 0.4) is 0 Å². The number of amides is 2. The summed E-state index contributed by atoms with van der Waals surface area (Å²) < 4.78 is 5.57. The van der Waals surface area contributed by atoms with Gasteiger partial charge in [0.05, 0.1) is 24.8 Å². The summed E-state index contributed by atoms with van der Waals surface area (Å²) in [6.07, 6.45) is 1.56. The summed E-state index contributed by atoms with van der Waals surface area (Å²) in [6, 6.07) is 6.06. The average molecular weight is 417 g/mol. The molecular formula is C22H32N4O4. The van der Waals surface area contributed by atoms with Gasteiger partial charge in [0.25, 0.3) is 5.91 Å². The van der Waals surface area contributed by atoms with Crippen LogP contribution in [0.15, 0.2) is 40.7 Å². The van der Waals surface area contributed by atoms with E-state index >= 15 is 0 Å². The molecule has 2 amide bonds. The number of benzene rings is 1. The molecule has 30 heavy (non-hydrogen) atoms. The lowest BCUT2D eigenvalue weighted by Gasteiger charge is -2.37. The van der Waals surface area contributed by atoms with Crippen molar-refractivity contribution in [1.29, 1.82) is 0 Å². The molecule has 1 aliphatic rings. The molecule has 1 aliphatic heterocycles. The Morgan fingerprint density at radius 1 is 1.33 bits per heavy atom. The second-order valence-corrected chi connectivity index (χ2v) is 7.42. The number of nitroso groups, excluding NO2 is 1. The molecule has 0 spiro atoms. The summed E-state index contributed by atoms with van der Waals surface area (Å²) in [5.41, 5.74) is 1.76. The SMILES string of the molecule is CCCNC1=C(C(c2ccccc2OC)N(C(C)=O)C(C)CC)C(=O)NC1CN=O. The molecule has 8 heteroatoms. The van der Waals surface area contributed by atoms with E-state index in [9.17, 15) is 14.5 Å². The summed E-state index contributed by atoms with van der Waals surface area (Å²) >= 11 is 0. The molecule has 0 fully saturated rings. The number of hydrogen-bond acceptors (Lipinski definition) is 6. The van der Waals surface area contributed by atoms with Gasteiger partial charge in [-0.1, -0.05) is 37.2 Å². The summed E-state index contributed by atoms with van der Waals surface area (Å²) in [4.78, 5) is 38.7. The van der Waals surface area contributed by atoms with Gasteiger partial charge >= 0.3 is 0 Å². The topological polar surface area (TPSA) is 100 Å². The molecule has 1 aromatic carbocycles. The molecule has 3 atom stereocenters. The van der Waals surface area contributed by atoms with Gasteiger partial charge in [0, 0.05) is 30.8 Å². The molecule has 0 radical (unpaired) electrons. The van der Waals surface area contributed by atoms with Crippen LogP contribution < -0.4 is 15.4 Å². The van der Waals surface area contributed by atoms with Crippen LogP contribution in [0.5, 0.6) is 5.75 Å². The zero-order chi connectivity index (χ0) is 22.3. The highest BCUT2D eigenvalue weighted by atomic mass is 16.5. The van der Waals surface area contributed by atoms with Crippen molar-refractivity contribution < 1.29 is 14.3 Å². The molecule has 8 nitrogen and oxygen atoms in total. The predicted molar refractivity (Wildman–Crippen MR) is 116 cm³/mol. The minimum atomic E-state index is -0.662. The standard InChI is InChI=1S/C22H32N4O4/c1-6-12-23-20-17(13-24-29)25-22(28)19(20)21(26(15(4)27)14(3)7-2)16-10-8-9-11-18(16)30-5/h8-11,14,17,21,23H,6-7,12-13H2,1-5H3,(H,25,28). The van der Waals surface area contributed by atoms with Crippen molar-refractivity contribution >= 4 is 11.8 Å². The molecule has 0 saturated heterocycles. The second kappa shape index (κ2) is 10.8. The van der Waals surface area contributed by atoms with E-state index in [1.54, 1.807) is 12.0 Å².